The summed E-state index contributed by atoms with van der Waals surface area (Å²) >= 11 is 0. The number of fused-ring (bicyclic) bond motifs is 1. The first-order valence-corrected chi connectivity index (χ1v) is 10.2. The number of ether oxygens (including phenoxy) is 1. The number of nitrogens with zero attached hydrogens (tertiary/aromatic N) is 1. The molecule has 1 amide bonds. The molecule has 1 atom stereocenters. The van der Waals surface area contributed by atoms with Gasteiger partial charge in [0, 0.05) is 18.2 Å². The summed E-state index contributed by atoms with van der Waals surface area (Å²) in [5.41, 5.74) is 3.03. The van der Waals surface area contributed by atoms with Crippen LogP contribution in [0.15, 0.2) is 42.5 Å². The first-order chi connectivity index (χ1) is 12.3. The first-order valence-electron chi connectivity index (χ1n) is 8.33. The molecule has 138 valence electrons. The van der Waals surface area contributed by atoms with Crippen LogP contribution in [0.5, 0.6) is 5.75 Å². The van der Waals surface area contributed by atoms with Crippen molar-refractivity contribution in [1.82, 2.24) is 5.32 Å². The van der Waals surface area contributed by atoms with Gasteiger partial charge in [-0.3, -0.25) is 9.10 Å². The maximum absolute atomic E-state index is 12.4. The highest BCUT2D eigenvalue weighted by Gasteiger charge is 2.32. The lowest BCUT2D eigenvalue weighted by Gasteiger charge is -2.21. The summed E-state index contributed by atoms with van der Waals surface area (Å²) in [5, 5.41) is 2.88. The van der Waals surface area contributed by atoms with E-state index in [1.807, 2.05) is 31.2 Å². The molecule has 6 nitrogen and oxygen atoms in total. The van der Waals surface area contributed by atoms with E-state index >= 15 is 0 Å². The predicted molar refractivity (Wildman–Crippen MR) is 101 cm³/mol. The predicted octanol–water partition coefficient (Wildman–Crippen LogP) is 2.34. The monoisotopic (exact) mass is 374 g/mol. The molecule has 3 rings (SSSR count). The maximum Gasteiger partial charge on any atom is 0.251 e. The Balaban J connectivity index is 1.72. The maximum atomic E-state index is 12.4. The van der Waals surface area contributed by atoms with Crippen molar-refractivity contribution in [2.24, 2.45) is 0 Å². The van der Waals surface area contributed by atoms with Gasteiger partial charge in [0.05, 0.1) is 19.1 Å². The third-order valence-electron chi connectivity index (χ3n) is 4.46. The van der Waals surface area contributed by atoms with Crippen LogP contribution in [0, 0.1) is 0 Å². The summed E-state index contributed by atoms with van der Waals surface area (Å²) in [6.45, 7) is 2.27. The van der Waals surface area contributed by atoms with E-state index in [2.05, 4.69) is 5.32 Å². The molecule has 7 heteroatoms. The van der Waals surface area contributed by atoms with E-state index < -0.39 is 10.0 Å². The number of hydrogen-bond donors (Lipinski definition) is 1. The van der Waals surface area contributed by atoms with Gasteiger partial charge in [0.15, 0.2) is 0 Å². The zero-order valence-corrected chi connectivity index (χ0v) is 15.8. The molecule has 1 aliphatic rings. The van der Waals surface area contributed by atoms with Crippen molar-refractivity contribution >= 4 is 21.6 Å². The molecular formula is C19H22N2O4S. The van der Waals surface area contributed by atoms with Gasteiger partial charge in [-0.05, 0) is 54.8 Å². The minimum Gasteiger partial charge on any atom is -0.497 e. The average molecular weight is 374 g/mol. The van der Waals surface area contributed by atoms with E-state index in [1.165, 1.54) is 10.6 Å². The number of benzene rings is 2. The molecule has 0 radical (unpaired) electrons. The van der Waals surface area contributed by atoms with Crippen molar-refractivity contribution in [3.8, 4) is 5.75 Å². The van der Waals surface area contributed by atoms with Crippen LogP contribution in [-0.4, -0.2) is 33.7 Å². The van der Waals surface area contributed by atoms with Crippen LogP contribution in [-0.2, 0) is 23.0 Å². The van der Waals surface area contributed by atoms with Crippen LogP contribution in [0.4, 0.5) is 5.69 Å². The Morgan fingerprint density at radius 2 is 1.92 bits per heavy atom. The van der Waals surface area contributed by atoms with Crippen LogP contribution in [0.1, 0.15) is 28.4 Å². The smallest absolute Gasteiger partial charge is 0.251 e. The average Bonchev–Trinajstić information content (AvgIpc) is 2.95. The van der Waals surface area contributed by atoms with Gasteiger partial charge in [0.1, 0.15) is 5.75 Å². The lowest BCUT2D eigenvalue weighted by Crippen LogP contribution is -2.34. The van der Waals surface area contributed by atoms with Crippen molar-refractivity contribution in [3.05, 3.63) is 59.2 Å². The summed E-state index contributed by atoms with van der Waals surface area (Å²) < 4.78 is 30.5. The fourth-order valence-electron chi connectivity index (χ4n) is 3.28. The van der Waals surface area contributed by atoms with Gasteiger partial charge in [0.2, 0.25) is 10.0 Å². The minimum atomic E-state index is -3.33. The van der Waals surface area contributed by atoms with Gasteiger partial charge in [0.25, 0.3) is 5.91 Å². The Bertz CT molecular complexity index is 923. The van der Waals surface area contributed by atoms with Crippen LogP contribution in [0.25, 0.3) is 0 Å². The Morgan fingerprint density at radius 3 is 2.54 bits per heavy atom. The molecule has 0 spiro atoms. The topological polar surface area (TPSA) is 75.7 Å². The number of rotatable bonds is 5. The van der Waals surface area contributed by atoms with Crippen LogP contribution >= 0.6 is 0 Å². The summed E-state index contributed by atoms with van der Waals surface area (Å²) in [6.07, 6.45) is 1.80. The SMILES string of the molecule is COc1ccc(CNC(=O)c2ccc3c(c2)C[C@@H](C)N3S(C)(=O)=O)cc1. The normalized spacial score (nSPS) is 16.3. The Kier molecular flexibility index (Phi) is 4.91. The van der Waals surface area contributed by atoms with E-state index in [0.717, 1.165) is 16.9 Å². The fraction of sp³-hybridized carbons (Fsp3) is 0.316. The van der Waals surface area contributed by atoms with Crippen molar-refractivity contribution in [1.29, 1.82) is 0 Å². The summed E-state index contributed by atoms with van der Waals surface area (Å²) in [7, 11) is -1.72. The second kappa shape index (κ2) is 6.99. The van der Waals surface area contributed by atoms with Crippen LogP contribution < -0.4 is 14.4 Å². The number of carbonyl (C=O) groups is 1. The number of anilines is 1. The number of carbonyl (C=O) groups excluding carboxylic acids is 1. The van der Waals surface area contributed by atoms with Crippen molar-refractivity contribution in [3.63, 3.8) is 0 Å². The van der Waals surface area contributed by atoms with Gasteiger partial charge in [-0.1, -0.05) is 12.1 Å². The van der Waals surface area contributed by atoms with E-state index in [-0.39, 0.29) is 11.9 Å². The number of methoxy groups -OCH3 is 1. The standard InChI is InChI=1S/C19H22N2O4S/c1-13-10-16-11-15(6-9-18(16)21(13)26(3,23)24)19(22)20-12-14-4-7-17(25-2)8-5-14/h4-9,11,13H,10,12H2,1-3H3,(H,20,22)/t13-/m1/s1. The molecule has 0 saturated carbocycles. The highest BCUT2D eigenvalue weighted by Crippen LogP contribution is 2.34. The molecule has 0 aromatic heterocycles. The Morgan fingerprint density at radius 1 is 1.23 bits per heavy atom. The Labute approximate surface area is 153 Å². The third kappa shape index (κ3) is 3.67. The fourth-order valence-corrected chi connectivity index (χ4v) is 4.54. The first kappa shape index (κ1) is 18.3. The minimum absolute atomic E-state index is 0.141. The lowest BCUT2D eigenvalue weighted by molar-refractivity contribution is 0.0951. The number of amides is 1. The quantitative estimate of drug-likeness (QED) is 0.872. The van der Waals surface area contributed by atoms with Crippen molar-refractivity contribution in [2.75, 3.05) is 17.7 Å². The number of nitrogens with one attached hydrogen (secondary N) is 1. The van der Waals surface area contributed by atoms with E-state index in [4.69, 9.17) is 4.74 Å². The van der Waals surface area contributed by atoms with Crippen molar-refractivity contribution < 1.29 is 17.9 Å². The van der Waals surface area contributed by atoms with Gasteiger partial charge < -0.3 is 10.1 Å². The van der Waals surface area contributed by atoms with Crippen molar-refractivity contribution in [2.45, 2.75) is 25.9 Å². The molecule has 0 unspecified atom stereocenters. The van der Waals surface area contributed by atoms with E-state index in [0.29, 0.717) is 24.2 Å². The van der Waals surface area contributed by atoms with Gasteiger partial charge in [-0.25, -0.2) is 8.42 Å². The molecule has 1 aliphatic heterocycles. The molecule has 0 bridgehead atoms. The highest BCUT2D eigenvalue weighted by atomic mass is 32.2. The zero-order chi connectivity index (χ0) is 18.9. The van der Waals surface area contributed by atoms with Gasteiger partial charge in [-0.2, -0.15) is 0 Å². The number of sulfonamides is 1. The molecule has 0 fully saturated rings. The van der Waals surface area contributed by atoms with E-state index in [9.17, 15) is 13.2 Å². The summed E-state index contributed by atoms with van der Waals surface area (Å²) in [4.78, 5) is 12.4. The van der Waals surface area contributed by atoms with Crippen LogP contribution in [0.2, 0.25) is 0 Å². The van der Waals surface area contributed by atoms with Gasteiger partial charge >= 0.3 is 0 Å². The molecule has 1 N–H and O–H groups in total. The molecule has 26 heavy (non-hydrogen) atoms. The van der Waals surface area contributed by atoms with Gasteiger partial charge in [-0.15, -0.1) is 0 Å². The third-order valence-corrected chi connectivity index (χ3v) is 5.74. The summed E-state index contributed by atoms with van der Waals surface area (Å²) in [6, 6.07) is 12.5. The molecule has 0 saturated heterocycles. The summed E-state index contributed by atoms with van der Waals surface area (Å²) in [5.74, 6) is 0.581. The largest absolute Gasteiger partial charge is 0.497 e. The Hall–Kier alpha value is -2.54. The molecule has 2 aromatic carbocycles. The lowest BCUT2D eigenvalue weighted by atomic mass is 10.1. The zero-order valence-electron chi connectivity index (χ0n) is 15.0. The van der Waals surface area contributed by atoms with Crippen LogP contribution in [0.3, 0.4) is 0 Å². The van der Waals surface area contributed by atoms with E-state index in [1.54, 1.807) is 25.3 Å². The molecule has 0 aliphatic carbocycles. The molecular weight excluding hydrogens is 352 g/mol. The molecule has 1 heterocycles. The number of hydrogen-bond acceptors (Lipinski definition) is 4. The second-order valence-corrected chi connectivity index (χ2v) is 8.35. The second-order valence-electron chi connectivity index (χ2n) is 6.49. The highest BCUT2D eigenvalue weighted by molar-refractivity contribution is 7.92. The molecule has 2 aromatic rings.